The Morgan fingerprint density at radius 3 is 2.89 bits per heavy atom. The molecule has 0 aromatic heterocycles. The van der Waals surface area contributed by atoms with Crippen molar-refractivity contribution >= 4 is 27.5 Å². The van der Waals surface area contributed by atoms with Crippen LogP contribution < -0.4 is 11.1 Å². The van der Waals surface area contributed by atoms with Crippen LogP contribution >= 0.6 is 15.9 Å². The van der Waals surface area contributed by atoms with E-state index in [1.54, 1.807) is 12.1 Å². The lowest BCUT2D eigenvalue weighted by Crippen LogP contribution is -2.34. The monoisotopic (exact) mass is 324 g/mol. The first-order valence-electron chi connectivity index (χ1n) is 6.92. The van der Waals surface area contributed by atoms with Gasteiger partial charge in [0.1, 0.15) is 0 Å². The third-order valence-electron chi connectivity index (χ3n) is 3.83. The minimum atomic E-state index is -0.0290. The number of amides is 1. The fourth-order valence-electron chi connectivity index (χ4n) is 2.61. The van der Waals surface area contributed by atoms with Crippen LogP contribution in [-0.2, 0) is 0 Å². The second-order valence-electron chi connectivity index (χ2n) is 5.52. The molecule has 1 fully saturated rings. The van der Waals surface area contributed by atoms with Gasteiger partial charge in [-0.1, -0.05) is 19.8 Å². The molecule has 2 atom stereocenters. The van der Waals surface area contributed by atoms with E-state index in [0.717, 1.165) is 23.2 Å². The van der Waals surface area contributed by atoms with E-state index in [1.807, 2.05) is 6.07 Å². The van der Waals surface area contributed by atoms with E-state index < -0.39 is 0 Å². The van der Waals surface area contributed by atoms with Gasteiger partial charge in [0, 0.05) is 16.2 Å². The van der Waals surface area contributed by atoms with E-state index in [4.69, 9.17) is 5.73 Å². The zero-order chi connectivity index (χ0) is 13.8. The van der Waals surface area contributed by atoms with E-state index in [0.29, 0.717) is 17.3 Å². The van der Waals surface area contributed by atoms with Gasteiger partial charge in [-0.05, 0) is 59.3 Å². The fraction of sp³-hybridized carbons (Fsp3) is 0.533. The van der Waals surface area contributed by atoms with Gasteiger partial charge in [0.2, 0.25) is 0 Å². The highest BCUT2D eigenvalue weighted by Gasteiger charge is 2.19. The molecule has 1 aliphatic rings. The van der Waals surface area contributed by atoms with Crippen LogP contribution in [0.5, 0.6) is 0 Å². The number of benzene rings is 1. The fourth-order valence-corrected chi connectivity index (χ4v) is 3.04. The molecule has 0 saturated heterocycles. The van der Waals surface area contributed by atoms with Crippen molar-refractivity contribution in [3.8, 4) is 0 Å². The molecule has 0 bridgehead atoms. The van der Waals surface area contributed by atoms with Crippen molar-refractivity contribution in [1.82, 2.24) is 5.32 Å². The van der Waals surface area contributed by atoms with Gasteiger partial charge in [-0.3, -0.25) is 4.79 Å². The summed E-state index contributed by atoms with van der Waals surface area (Å²) < 4.78 is 0.793. The quantitative estimate of drug-likeness (QED) is 0.643. The lowest BCUT2D eigenvalue weighted by atomic mass is 10.0. The van der Waals surface area contributed by atoms with Crippen LogP contribution in [0.1, 0.15) is 49.4 Å². The maximum atomic E-state index is 12.3. The van der Waals surface area contributed by atoms with Crippen molar-refractivity contribution in [2.75, 3.05) is 5.73 Å². The second kappa shape index (κ2) is 6.42. The molecule has 0 aliphatic heterocycles. The van der Waals surface area contributed by atoms with Crippen LogP contribution in [0, 0.1) is 5.92 Å². The summed E-state index contributed by atoms with van der Waals surface area (Å²) in [5.74, 6) is 0.750. The van der Waals surface area contributed by atoms with Gasteiger partial charge in [0.25, 0.3) is 5.91 Å². The molecule has 4 heteroatoms. The van der Waals surface area contributed by atoms with Gasteiger partial charge in [-0.15, -0.1) is 0 Å². The number of hydrogen-bond donors (Lipinski definition) is 2. The normalized spacial score (nSPS) is 23.7. The first kappa shape index (κ1) is 14.4. The van der Waals surface area contributed by atoms with Crippen LogP contribution in [0.3, 0.4) is 0 Å². The predicted molar refractivity (Wildman–Crippen MR) is 82.1 cm³/mol. The van der Waals surface area contributed by atoms with Gasteiger partial charge < -0.3 is 11.1 Å². The average Bonchev–Trinajstić information content (AvgIpc) is 2.57. The molecule has 1 amide bonds. The number of hydrogen-bond acceptors (Lipinski definition) is 2. The number of carbonyl (C=O) groups is 1. The Bertz CT molecular complexity index is 461. The molecule has 2 rings (SSSR count). The van der Waals surface area contributed by atoms with Gasteiger partial charge in [-0.2, -0.15) is 0 Å². The molecular formula is C15H21BrN2O. The number of halogens is 1. The number of nitrogens with one attached hydrogen (secondary N) is 1. The first-order chi connectivity index (χ1) is 9.06. The summed E-state index contributed by atoms with van der Waals surface area (Å²) in [7, 11) is 0. The van der Waals surface area contributed by atoms with Gasteiger partial charge in [0.15, 0.2) is 0 Å². The highest BCUT2D eigenvalue weighted by Crippen LogP contribution is 2.24. The minimum Gasteiger partial charge on any atom is -0.399 e. The molecule has 1 aliphatic carbocycles. The lowest BCUT2D eigenvalue weighted by molar-refractivity contribution is 0.0932. The Labute approximate surface area is 123 Å². The first-order valence-corrected chi connectivity index (χ1v) is 7.71. The molecule has 3 N–H and O–H groups in total. The van der Waals surface area contributed by atoms with Crippen molar-refractivity contribution in [1.29, 1.82) is 0 Å². The van der Waals surface area contributed by atoms with E-state index in [2.05, 4.69) is 28.2 Å². The minimum absolute atomic E-state index is 0.0290. The van der Waals surface area contributed by atoms with Crippen LogP contribution in [0.4, 0.5) is 5.69 Å². The lowest BCUT2D eigenvalue weighted by Gasteiger charge is -2.17. The number of anilines is 1. The summed E-state index contributed by atoms with van der Waals surface area (Å²) in [5.41, 5.74) is 6.98. The molecule has 1 saturated carbocycles. The average molecular weight is 325 g/mol. The summed E-state index contributed by atoms with van der Waals surface area (Å²) in [6, 6.07) is 5.62. The van der Waals surface area contributed by atoms with Crippen LogP contribution in [0.2, 0.25) is 0 Å². The number of carbonyl (C=O) groups excluding carboxylic acids is 1. The summed E-state index contributed by atoms with van der Waals surface area (Å²) in [6.07, 6.45) is 5.82. The third-order valence-corrected chi connectivity index (χ3v) is 4.52. The summed E-state index contributed by atoms with van der Waals surface area (Å²) in [6.45, 7) is 2.29. The highest BCUT2D eigenvalue weighted by atomic mass is 79.9. The molecule has 1 aromatic rings. The van der Waals surface area contributed by atoms with Gasteiger partial charge in [-0.25, -0.2) is 0 Å². The number of nitrogen functional groups attached to an aromatic ring is 1. The molecule has 1 aromatic carbocycles. The van der Waals surface area contributed by atoms with E-state index in [-0.39, 0.29) is 5.91 Å². The zero-order valence-corrected chi connectivity index (χ0v) is 12.9. The van der Waals surface area contributed by atoms with Crippen LogP contribution in [-0.4, -0.2) is 11.9 Å². The van der Waals surface area contributed by atoms with E-state index in [9.17, 15) is 4.79 Å². The van der Waals surface area contributed by atoms with E-state index in [1.165, 1.54) is 19.3 Å². The third kappa shape index (κ3) is 3.96. The topological polar surface area (TPSA) is 55.1 Å². The smallest absolute Gasteiger partial charge is 0.252 e. The predicted octanol–water partition coefficient (Wildman–Crippen LogP) is 3.73. The number of nitrogens with two attached hydrogens (primary N) is 1. The van der Waals surface area contributed by atoms with Crippen molar-refractivity contribution < 1.29 is 4.79 Å². The standard InChI is InChI=1S/C15H21BrN2O/c1-10-3-2-4-12(7-5-10)18-15(19)13-9-11(17)6-8-14(13)16/h6,8-10,12H,2-5,7,17H2,1H3,(H,18,19). The van der Waals surface area contributed by atoms with Crippen molar-refractivity contribution in [3.63, 3.8) is 0 Å². The Morgan fingerprint density at radius 2 is 2.11 bits per heavy atom. The maximum Gasteiger partial charge on any atom is 0.252 e. The van der Waals surface area contributed by atoms with Gasteiger partial charge in [0.05, 0.1) is 5.56 Å². The Kier molecular flexibility index (Phi) is 4.86. The largest absolute Gasteiger partial charge is 0.399 e. The summed E-state index contributed by atoms with van der Waals surface area (Å²) in [4.78, 5) is 12.3. The SMILES string of the molecule is CC1CCCC(NC(=O)c2cc(N)ccc2Br)CC1. The maximum absolute atomic E-state index is 12.3. The molecule has 19 heavy (non-hydrogen) atoms. The molecule has 0 heterocycles. The van der Waals surface area contributed by atoms with E-state index >= 15 is 0 Å². The van der Waals surface area contributed by atoms with Crippen molar-refractivity contribution in [2.45, 2.75) is 45.1 Å². The number of rotatable bonds is 2. The molecule has 0 spiro atoms. The van der Waals surface area contributed by atoms with Crippen LogP contribution in [0.15, 0.2) is 22.7 Å². The molecular weight excluding hydrogens is 304 g/mol. The molecule has 104 valence electrons. The Hall–Kier alpha value is -1.03. The molecule has 3 nitrogen and oxygen atoms in total. The zero-order valence-electron chi connectivity index (χ0n) is 11.3. The summed E-state index contributed by atoms with van der Waals surface area (Å²) >= 11 is 3.40. The Morgan fingerprint density at radius 1 is 1.32 bits per heavy atom. The Balaban J connectivity index is 2.02. The van der Waals surface area contributed by atoms with Crippen LogP contribution in [0.25, 0.3) is 0 Å². The highest BCUT2D eigenvalue weighted by molar-refractivity contribution is 9.10. The summed E-state index contributed by atoms with van der Waals surface area (Å²) in [5, 5.41) is 3.14. The van der Waals surface area contributed by atoms with Crippen molar-refractivity contribution in [3.05, 3.63) is 28.2 Å². The molecule has 2 unspecified atom stereocenters. The second-order valence-corrected chi connectivity index (χ2v) is 6.38. The van der Waals surface area contributed by atoms with Crippen molar-refractivity contribution in [2.24, 2.45) is 5.92 Å². The molecule has 0 radical (unpaired) electrons. The van der Waals surface area contributed by atoms with Gasteiger partial charge >= 0.3 is 0 Å².